The van der Waals surface area contributed by atoms with Gasteiger partial charge in [0.05, 0.1) is 0 Å². The second-order valence-electron chi connectivity index (χ2n) is 4.73. The molecule has 2 aromatic rings. The zero-order chi connectivity index (χ0) is 17.4. The van der Waals surface area contributed by atoms with Crippen LogP contribution in [-0.2, 0) is 13.6 Å². The van der Waals surface area contributed by atoms with Crippen LogP contribution in [0.25, 0.3) is 0 Å². The first-order chi connectivity index (χ1) is 10.6. The molecule has 0 spiro atoms. The van der Waals surface area contributed by atoms with E-state index in [0.717, 1.165) is 0 Å². The minimum absolute atomic E-state index is 0.232. The van der Waals surface area contributed by atoms with Crippen LogP contribution in [0.15, 0.2) is 30.3 Å². The third-order valence-electron chi connectivity index (χ3n) is 3.18. The summed E-state index contributed by atoms with van der Waals surface area (Å²) in [6.45, 7) is 5.46. The van der Waals surface area contributed by atoms with Gasteiger partial charge in [0.2, 0.25) is 0 Å². The summed E-state index contributed by atoms with van der Waals surface area (Å²) in [6.07, 6.45) is 0. The fourth-order valence-corrected chi connectivity index (χ4v) is 13.7. The minimum atomic E-state index is -5.28. The molecule has 128 valence electrons. The molecule has 1 heterocycles. The summed E-state index contributed by atoms with van der Waals surface area (Å²) in [5, 5.41) is 4.19. The first-order valence-corrected chi connectivity index (χ1v) is 12.9. The third-order valence-corrected chi connectivity index (χ3v) is 15.7. The third kappa shape index (κ3) is 3.25. The van der Waals surface area contributed by atoms with E-state index in [1.54, 1.807) is 36.7 Å². The van der Waals surface area contributed by atoms with Crippen LogP contribution in [0, 0.1) is 21.0 Å². The Morgan fingerprint density at radius 3 is 2.17 bits per heavy atom. The van der Waals surface area contributed by atoms with E-state index >= 15 is 0 Å². The predicted octanol–water partition coefficient (Wildman–Crippen LogP) is 3.92. The molecule has 0 atom stereocenters. The Labute approximate surface area is 138 Å². The van der Waals surface area contributed by atoms with Crippen molar-refractivity contribution in [3.8, 4) is 0 Å². The molecule has 2 rings (SSSR count). The maximum absolute atomic E-state index is 13.2. The van der Waals surface area contributed by atoms with Gasteiger partial charge in [-0.3, -0.25) is 0 Å². The Kier molecular flexibility index (Phi) is 5.09. The van der Waals surface area contributed by atoms with E-state index in [9.17, 15) is 21.6 Å². The molecule has 23 heavy (non-hydrogen) atoms. The van der Waals surface area contributed by atoms with E-state index in [-0.39, 0.29) is 7.14 Å². The van der Waals surface area contributed by atoms with Crippen molar-refractivity contribution in [3.05, 3.63) is 48.9 Å². The first-order valence-electron chi connectivity index (χ1n) is 6.72. The Bertz CT molecular complexity index is 801. The molecular weight excluding hydrogens is 444 g/mol. The number of rotatable bonds is 4. The number of halogens is 4. The summed E-state index contributed by atoms with van der Waals surface area (Å²) in [4.78, 5) is 0. The van der Waals surface area contributed by atoms with E-state index in [2.05, 4.69) is 5.10 Å². The fourth-order valence-electron chi connectivity index (χ4n) is 2.18. The average molecular weight is 460 g/mol. The van der Waals surface area contributed by atoms with Crippen LogP contribution in [0.4, 0.5) is 13.2 Å². The Balaban J connectivity index is 2.78. The van der Waals surface area contributed by atoms with Gasteiger partial charge in [0.1, 0.15) is 0 Å². The van der Waals surface area contributed by atoms with Gasteiger partial charge >= 0.3 is 138 Å². The molecule has 1 aromatic heterocycles. The number of hydrogen-bond donors (Lipinski definition) is 0. The summed E-state index contributed by atoms with van der Waals surface area (Å²) >= 11 is -3.82. The van der Waals surface area contributed by atoms with Gasteiger partial charge in [-0.05, 0) is 0 Å². The van der Waals surface area contributed by atoms with Crippen molar-refractivity contribution in [2.45, 2.75) is 32.8 Å². The van der Waals surface area contributed by atoms with Gasteiger partial charge in [-0.15, -0.1) is 0 Å². The fraction of sp³-hybridized carbons (Fsp3) is 0.357. The number of aromatic nitrogens is 2. The molecule has 4 nitrogen and oxygen atoms in total. The second kappa shape index (κ2) is 6.42. The van der Waals surface area contributed by atoms with E-state index in [4.69, 9.17) is 0 Å². The summed E-state index contributed by atoms with van der Waals surface area (Å²) in [6, 6.07) is 7.67. The van der Waals surface area contributed by atoms with Crippen molar-refractivity contribution < 1.29 is 21.6 Å². The monoisotopic (exact) mass is 460 g/mol. The molecule has 0 saturated carbocycles. The van der Waals surface area contributed by atoms with Crippen molar-refractivity contribution in [1.82, 2.24) is 9.78 Å². The molecule has 0 radical (unpaired) electrons. The number of benzene rings is 1. The molecule has 0 unspecified atom stereocenters. The van der Waals surface area contributed by atoms with Crippen molar-refractivity contribution in [3.63, 3.8) is 0 Å². The zero-order valence-corrected chi connectivity index (χ0v) is 15.7. The van der Waals surface area contributed by atoms with Crippen LogP contribution in [-0.4, -0.2) is 23.7 Å². The molecule has 1 aromatic carbocycles. The molecule has 9 heteroatoms. The zero-order valence-electron chi connectivity index (χ0n) is 12.7. The van der Waals surface area contributed by atoms with Gasteiger partial charge in [-0.1, -0.05) is 0 Å². The number of nitrogens with zero attached hydrogens (tertiary/aromatic N) is 2. The van der Waals surface area contributed by atoms with Crippen molar-refractivity contribution in [2.24, 2.45) is 0 Å². The van der Waals surface area contributed by atoms with Crippen LogP contribution in [0.3, 0.4) is 0 Å². The van der Waals surface area contributed by atoms with Gasteiger partial charge < -0.3 is 0 Å². The van der Waals surface area contributed by atoms with Crippen molar-refractivity contribution in [2.75, 3.05) is 0 Å². The van der Waals surface area contributed by atoms with Gasteiger partial charge in [-0.2, -0.15) is 0 Å². The molecule has 0 aliphatic heterocycles. The SMILES string of the molecule is CCn1nc(C)c(I(c2ccccc2)S(=O)(=O)C(F)(F)F)c1C. The van der Waals surface area contributed by atoms with E-state index < -0.39 is 31.0 Å². The molecule has 0 fully saturated rings. The van der Waals surface area contributed by atoms with Gasteiger partial charge in [-0.25, -0.2) is 0 Å². The van der Waals surface area contributed by atoms with E-state index in [1.165, 1.54) is 12.1 Å². The molecule has 0 N–H and O–H groups in total. The molecule has 0 saturated heterocycles. The maximum atomic E-state index is 13.2. The van der Waals surface area contributed by atoms with Gasteiger partial charge in [0.25, 0.3) is 0 Å². The number of aryl methyl sites for hydroxylation is 2. The van der Waals surface area contributed by atoms with Crippen LogP contribution >= 0.6 is 18.4 Å². The number of alkyl halides is 3. The summed E-state index contributed by atoms with van der Waals surface area (Å²) in [7, 11) is -5.28. The van der Waals surface area contributed by atoms with Crippen molar-refractivity contribution >= 4 is 25.4 Å². The van der Waals surface area contributed by atoms with Crippen LogP contribution in [0.1, 0.15) is 18.3 Å². The van der Waals surface area contributed by atoms with Gasteiger partial charge in [0, 0.05) is 0 Å². The quantitative estimate of drug-likeness (QED) is 0.514. The Hall–Kier alpha value is -1.10. The van der Waals surface area contributed by atoms with Crippen LogP contribution < -0.4 is 0 Å². The molecule has 0 amide bonds. The molecule has 0 aliphatic rings. The van der Waals surface area contributed by atoms with E-state index in [0.29, 0.717) is 17.9 Å². The molecule has 0 aliphatic carbocycles. The van der Waals surface area contributed by atoms with Gasteiger partial charge in [0.15, 0.2) is 0 Å². The molecular formula is C14H16F3IN2O2S. The summed E-state index contributed by atoms with van der Waals surface area (Å²) in [5.74, 6) is 0. The standard InChI is InChI=1S/C14H16F3IN2O2S/c1-4-20-11(3)13(10(2)19-20)18(12-8-6-5-7-9-12)23(21,22)14(15,16)17/h5-9H,4H2,1-3H3. The molecule has 0 bridgehead atoms. The Morgan fingerprint density at radius 2 is 1.74 bits per heavy atom. The average Bonchev–Trinajstić information content (AvgIpc) is 2.75. The predicted molar refractivity (Wildman–Crippen MR) is 90.2 cm³/mol. The van der Waals surface area contributed by atoms with Crippen molar-refractivity contribution in [1.29, 1.82) is 0 Å². The summed E-state index contributed by atoms with van der Waals surface area (Å²) < 4.78 is 66.2. The number of hydrogen-bond acceptors (Lipinski definition) is 3. The van der Waals surface area contributed by atoms with E-state index in [1.807, 2.05) is 6.92 Å². The topological polar surface area (TPSA) is 52.0 Å². The van der Waals surface area contributed by atoms with Crippen LogP contribution in [0.5, 0.6) is 0 Å². The first kappa shape index (κ1) is 18.2. The second-order valence-corrected chi connectivity index (χ2v) is 15.4. The summed E-state index contributed by atoms with van der Waals surface area (Å²) in [5.41, 5.74) is -4.43. The normalized spacial score (nSPS) is 13.2. The van der Waals surface area contributed by atoms with Crippen LogP contribution in [0.2, 0.25) is 0 Å². The Morgan fingerprint density at radius 1 is 1.17 bits per heavy atom.